The molecular weight excluding hydrogens is 601 g/mol. The smallest absolute Gasteiger partial charge is 0.0616 e. The predicted molar refractivity (Wildman–Crippen MR) is 216 cm³/mol. The standard InChI is InChI=1S/C50H32/c1-4-12-38-29-41(24-19-33(38)9-1)36-17-22-37(23-18-36)49-45-15-7-8-16-46(45)50(44-26-21-35-11-3-6-14-40(35)31-44)48-32-43(27-28-47(48)49)42-25-20-34-10-2-5-13-39(34)30-42/h1-32H/i1D,2D,3D,4D,5D,6D,7D,8D,9D,10D,11D,12D,13D,14D,15D,16D,17D,18D,19D,20D,21D,22D,23D,24D,25D,26D,27D,28D,29D,30D,31D,32D. The Balaban J connectivity index is 1.52. The van der Waals surface area contributed by atoms with E-state index in [9.17, 15) is 20.6 Å². The lowest BCUT2D eigenvalue weighted by molar-refractivity contribution is 1.62. The van der Waals surface area contributed by atoms with E-state index in [1.54, 1.807) is 0 Å². The fraction of sp³-hybridized carbons (Fsp3) is 0. The van der Waals surface area contributed by atoms with E-state index in [0.717, 1.165) is 0 Å². The summed E-state index contributed by atoms with van der Waals surface area (Å²) in [5.74, 6) is 0. The molecule has 0 fully saturated rings. The van der Waals surface area contributed by atoms with E-state index in [1.165, 1.54) is 0 Å². The molecule has 0 atom stereocenters. The second-order valence-electron chi connectivity index (χ2n) is 10.8. The van der Waals surface area contributed by atoms with Gasteiger partial charge in [-0.15, -0.1) is 0 Å². The van der Waals surface area contributed by atoms with E-state index < -0.39 is 292 Å². The van der Waals surface area contributed by atoms with Crippen LogP contribution in [-0.4, -0.2) is 0 Å². The molecule has 0 nitrogen and oxygen atoms in total. The van der Waals surface area contributed by atoms with Gasteiger partial charge in [-0.05, 0) is 123 Å². The van der Waals surface area contributed by atoms with Gasteiger partial charge >= 0.3 is 0 Å². The maximum absolute atomic E-state index is 10.2. The van der Waals surface area contributed by atoms with Crippen molar-refractivity contribution in [1.82, 2.24) is 0 Å². The van der Waals surface area contributed by atoms with Crippen LogP contribution in [0.4, 0.5) is 0 Å². The minimum Gasteiger partial charge on any atom is -0.0616 e. The van der Waals surface area contributed by atoms with Crippen molar-refractivity contribution in [3.05, 3.63) is 193 Å². The highest BCUT2D eigenvalue weighted by Crippen LogP contribution is 2.45. The molecule has 10 rings (SSSR count). The Labute approximate surface area is 336 Å². The summed E-state index contributed by atoms with van der Waals surface area (Å²) in [6.07, 6.45) is 0. The molecule has 0 aliphatic rings. The molecule has 10 aromatic carbocycles. The largest absolute Gasteiger partial charge is 0.0636 e. The summed E-state index contributed by atoms with van der Waals surface area (Å²) in [6.45, 7) is 0. The van der Waals surface area contributed by atoms with E-state index in [2.05, 4.69) is 0 Å². The van der Waals surface area contributed by atoms with Gasteiger partial charge in [-0.25, -0.2) is 0 Å². The molecule has 232 valence electrons. The summed E-state index contributed by atoms with van der Waals surface area (Å²) >= 11 is 0. The first kappa shape index (κ1) is 11.0. The van der Waals surface area contributed by atoms with Crippen molar-refractivity contribution in [2.24, 2.45) is 0 Å². The summed E-state index contributed by atoms with van der Waals surface area (Å²) in [7, 11) is 0. The highest BCUT2D eigenvalue weighted by atomic mass is 14.2. The molecule has 0 N–H and O–H groups in total. The zero-order chi connectivity index (χ0) is 60.9. The quantitative estimate of drug-likeness (QED) is 0.164. The van der Waals surface area contributed by atoms with Gasteiger partial charge in [-0.2, -0.15) is 0 Å². The van der Waals surface area contributed by atoms with Gasteiger partial charge < -0.3 is 0 Å². The molecule has 0 bridgehead atoms. The zero-order valence-corrected chi connectivity index (χ0v) is 25.0. The van der Waals surface area contributed by atoms with Gasteiger partial charge in [0.2, 0.25) is 0 Å². The summed E-state index contributed by atoms with van der Waals surface area (Å²) in [6, 6.07) is -32.0. The first-order chi connectivity index (χ1) is 38.1. The van der Waals surface area contributed by atoms with Gasteiger partial charge in [-0.3, -0.25) is 0 Å². The molecule has 0 aliphatic carbocycles. The van der Waals surface area contributed by atoms with Crippen molar-refractivity contribution in [2.75, 3.05) is 0 Å². The number of benzene rings is 10. The lowest BCUT2D eigenvalue weighted by atomic mass is 9.84. The first-order valence-corrected chi connectivity index (χ1v) is 14.8. The van der Waals surface area contributed by atoms with Crippen LogP contribution in [0.3, 0.4) is 0 Å². The fourth-order valence-electron chi connectivity index (χ4n) is 5.62. The Hall–Kier alpha value is -6.50. The molecule has 0 spiro atoms. The Kier molecular flexibility index (Phi) is 2.55. The molecule has 0 heterocycles. The topological polar surface area (TPSA) is 0 Å². The Morgan fingerprint density at radius 1 is 0.220 bits per heavy atom. The number of hydrogen-bond donors (Lipinski definition) is 0. The van der Waals surface area contributed by atoms with E-state index >= 15 is 0 Å². The lowest BCUT2D eigenvalue weighted by Crippen LogP contribution is -1.92. The van der Waals surface area contributed by atoms with Crippen molar-refractivity contribution in [3.63, 3.8) is 0 Å². The van der Waals surface area contributed by atoms with Crippen LogP contribution in [0.25, 0.3) is 98.4 Å². The maximum Gasteiger partial charge on any atom is 0.0636 e. The molecule has 0 radical (unpaired) electrons. The van der Waals surface area contributed by atoms with Crippen LogP contribution in [0.2, 0.25) is 0 Å². The number of rotatable bonds is 4. The Morgan fingerprint density at radius 3 is 1.12 bits per heavy atom. The summed E-state index contributed by atoms with van der Waals surface area (Å²) in [4.78, 5) is 0. The molecule has 0 saturated carbocycles. The van der Waals surface area contributed by atoms with E-state index in [4.69, 9.17) is 23.3 Å². The minimum absolute atomic E-state index is 0.582. The normalized spacial score (nSPS) is 20.6. The molecule has 50 heavy (non-hydrogen) atoms. The second-order valence-corrected chi connectivity index (χ2v) is 10.8. The summed E-state index contributed by atoms with van der Waals surface area (Å²) in [5.41, 5.74) is -7.27. The van der Waals surface area contributed by atoms with Gasteiger partial charge in [0.1, 0.15) is 0 Å². The average Bonchev–Trinajstić information content (AvgIpc) is 0.973. The summed E-state index contributed by atoms with van der Waals surface area (Å²) < 4.78 is 290. The van der Waals surface area contributed by atoms with Crippen molar-refractivity contribution in [2.45, 2.75) is 0 Å². The molecular formula is C50H32. The first-order valence-electron chi connectivity index (χ1n) is 30.8. The maximum atomic E-state index is 10.2. The molecule has 0 saturated heterocycles. The monoisotopic (exact) mass is 664 g/mol. The van der Waals surface area contributed by atoms with Crippen LogP contribution in [-0.2, 0) is 0 Å². The highest BCUT2D eigenvalue weighted by Gasteiger charge is 2.18. The van der Waals surface area contributed by atoms with Crippen LogP contribution in [0, 0.1) is 0 Å². The molecule has 0 amide bonds. The van der Waals surface area contributed by atoms with E-state index in [0.29, 0.717) is 0 Å². The third-order valence-electron chi connectivity index (χ3n) is 7.88. The van der Waals surface area contributed by atoms with E-state index in [-0.39, 0.29) is 0 Å². The third-order valence-corrected chi connectivity index (χ3v) is 7.88. The second kappa shape index (κ2) is 11.6. The Bertz CT molecular complexity index is 4730. The number of fused-ring (bicyclic) bond motifs is 5. The van der Waals surface area contributed by atoms with Gasteiger partial charge in [0.05, 0.1) is 43.9 Å². The van der Waals surface area contributed by atoms with Crippen LogP contribution in [0.15, 0.2) is 193 Å². The highest BCUT2D eigenvalue weighted by molar-refractivity contribution is 6.22. The van der Waals surface area contributed by atoms with Crippen LogP contribution >= 0.6 is 0 Å². The molecule has 0 aromatic heterocycles. The van der Waals surface area contributed by atoms with Crippen molar-refractivity contribution in [1.29, 1.82) is 0 Å². The lowest BCUT2D eigenvalue weighted by Gasteiger charge is -2.19. The van der Waals surface area contributed by atoms with Gasteiger partial charge in [0, 0.05) is 0 Å². The molecule has 0 aliphatic heterocycles. The van der Waals surface area contributed by atoms with Crippen molar-refractivity contribution >= 4 is 53.9 Å². The van der Waals surface area contributed by atoms with Crippen LogP contribution in [0.5, 0.6) is 0 Å². The Morgan fingerprint density at radius 2 is 0.560 bits per heavy atom. The van der Waals surface area contributed by atoms with Crippen molar-refractivity contribution in [3.8, 4) is 44.5 Å². The SMILES string of the molecule is [2H]c1c([2H])c(-c2c3c([2H])c([2H])c([2H])c([2H])c3c(-c3c([2H])c([2H])c4c([2H])c([2H])c([2H])c([2H])c4c3[2H])c3c([2H])c(-c4c([2H])c([2H])c5c([2H])c([2H])c([2H])c([2H])c5c4[2H])c([2H])c([2H])c23)c([2H])c([2H])c1-c1c([2H])c([2H])c2c([2H])c([2H])c([2H])c([2H])c2c1[2H]. The van der Waals surface area contributed by atoms with Crippen LogP contribution in [0.1, 0.15) is 43.9 Å². The predicted octanol–water partition coefficient (Wildman–Crippen LogP) is 14.1. The molecule has 0 unspecified atom stereocenters. The molecule has 10 aromatic rings. The number of hydrogen-bond acceptors (Lipinski definition) is 0. The van der Waals surface area contributed by atoms with Crippen LogP contribution < -0.4 is 0 Å². The zero-order valence-electron chi connectivity index (χ0n) is 57.0. The third kappa shape index (κ3) is 4.77. The average molecular weight is 665 g/mol. The minimum atomic E-state index is -1.19. The van der Waals surface area contributed by atoms with Gasteiger partial charge in [0.25, 0.3) is 0 Å². The van der Waals surface area contributed by atoms with Gasteiger partial charge in [-0.1, -0.05) is 169 Å². The summed E-state index contributed by atoms with van der Waals surface area (Å²) in [5, 5.41) is -7.50. The van der Waals surface area contributed by atoms with Gasteiger partial charge in [0.15, 0.2) is 0 Å². The fourth-order valence-corrected chi connectivity index (χ4v) is 5.62. The van der Waals surface area contributed by atoms with E-state index in [1.807, 2.05) is 0 Å². The van der Waals surface area contributed by atoms with Crippen molar-refractivity contribution < 1.29 is 43.9 Å². The molecule has 0 heteroatoms.